The summed E-state index contributed by atoms with van der Waals surface area (Å²) in [6, 6.07) is 14.0. The number of carbonyl (C=O) groups excluding carboxylic acids is 1. The van der Waals surface area contributed by atoms with Crippen molar-refractivity contribution in [1.82, 2.24) is 0 Å². The minimum absolute atomic E-state index is 0.00799. The average molecular weight is 333 g/mol. The van der Waals surface area contributed by atoms with Crippen molar-refractivity contribution in [3.63, 3.8) is 0 Å². The zero-order valence-corrected chi connectivity index (χ0v) is 12.8. The van der Waals surface area contributed by atoms with Crippen LogP contribution in [0.25, 0.3) is 0 Å². The van der Waals surface area contributed by atoms with Gasteiger partial charge in [0.05, 0.1) is 18.2 Å². The van der Waals surface area contributed by atoms with Gasteiger partial charge in [-0.05, 0) is 30.2 Å². The van der Waals surface area contributed by atoms with Crippen molar-refractivity contribution in [3.8, 4) is 6.07 Å². The summed E-state index contributed by atoms with van der Waals surface area (Å²) in [5.74, 6) is -0.905. The molecule has 0 aromatic heterocycles. The molecule has 0 saturated heterocycles. The molecule has 2 aromatic rings. The normalized spacial score (nSPS) is 13.6. The maximum absolute atomic E-state index is 13.0. The number of esters is 1. The van der Waals surface area contributed by atoms with Crippen LogP contribution >= 0.6 is 0 Å². The second-order valence-electron chi connectivity index (χ2n) is 5.03. The molecular weight excluding hydrogens is 319 g/mol. The first-order chi connectivity index (χ1) is 11.4. The molecule has 2 rings (SSSR count). The lowest BCUT2D eigenvalue weighted by Crippen LogP contribution is -2.37. The third-order valence-electron chi connectivity index (χ3n) is 3.58. The molecule has 3 nitrogen and oxygen atoms in total. The van der Waals surface area contributed by atoms with E-state index in [1.165, 1.54) is 24.3 Å². The van der Waals surface area contributed by atoms with E-state index >= 15 is 0 Å². The molecule has 1 atom stereocenters. The number of hydrogen-bond acceptors (Lipinski definition) is 3. The fraction of sp³-hybridized carbons (Fsp3) is 0.222. The zero-order chi connectivity index (χ0) is 17.8. The van der Waals surface area contributed by atoms with Gasteiger partial charge < -0.3 is 4.74 Å². The molecule has 0 aliphatic rings. The monoisotopic (exact) mass is 333 g/mol. The molecule has 0 N–H and O–H groups in total. The maximum atomic E-state index is 13.0. The number of rotatable bonds is 4. The standard InChI is InChI=1S/C18H14F3NO2/c1-2-24-16(23)17(12-22,13-7-4-3-5-8-13)14-9-6-10-15(11-14)18(19,20)21/h3-11H,2H2,1H3. The second kappa shape index (κ2) is 6.75. The number of hydrogen-bond donors (Lipinski definition) is 0. The zero-order valence-electron chi connectivity index (χ0n) is 12.8. The number of nitrogens with zero attached hydrogens (tertiary/aromatic N) is 1. The third-order valence-corrected chi connectivity index (χ3v) is 3.58. The fourth-order valence-corrected chi connectivity index (χ4v) is 2.43. The van der Waals surface area contributed by atoms with Gasteiger partial charge in [-0.1, -0.05) is 42.5 Å². The number of benzene rings is 2. The van der Waals surface area contributed by atoms with Gasteiger partial charge in [0.1, 0.15) is 0 Å². The van der Waals surface area contributed by atoms with Crippen molar-refractivity contribution < 1.29 is 22.7 Å². The van der Waals surface area contributed by atoms with Crippen LogP contribution in [0, 0.1) is 11.3 Å². The molecule has 0 bridgehead atoms. The predicted molar refractivity (Wildman–Crippen MR) is 80.9 cm³/mol. The van der Waals surface area contributed by atoms with Gasteiger partial charge in [-0.2, -0.15) is 18.4 Å². The Balaban J connectivity index is 2.72. The van der Waals surface area contributed by atoms with E-state index in [4.69, 9.17) is 4.74 Å². The molecule has 24 heavy (non-hydrogen) atoms. The van der Waals surface area contributed by atoms with Crippen LogP contribution in [0.4, 0.5) is 13.2 Å². The fourth-order valence-electron chi connectivity index (χ4n) is 2.43. The number of halogens is 3. The largest absolute Gasteiger partial charge is 0.464 e. The highest BCUT2D eigenvalue weighted by Crippen LogP contribution is 2.37. The van der Waals surface area contributed by atoms with Crippen molar-refractivity contribution in [1.29, 1.82) is 5.26 Å². The van der Waals surface area contributed by atoms with Crippen LogP contribution in [0.1, 0.15) is 23.6 Å². The Labute approximate surface area is 137 Å². The van der Waals surface area contributed by atoms with Crippen molar-refractivity contribution >= 4 is 5.97 Å². The first-order valence-corrected chi connectivity index (χ1v) is 7.18. The van der Waals surface area contributed by atoms with Crippen LogP contribution < -0.4 is 0 Å². The molecule has 1 unspecified atom stereocenters. The van der Waals surface area contributed by atoms with E-state index in [-0.39, 0.29) is 17.7 Å². The molecular formula is C18H14F3NO2. The van der Waals surface area contributed by atoms with E-state index in [0.717, 1.165) is 12.1 Å². The Bertz CT molecular complexity index is 766. The third kappa shape index (κ3) is 3.11. The van der Waals surface area contributed by atoms with Crippen LogP contribution in [-0.4, -0.2) is 12.6 Å². The van der Waals surface area contributed by atoms with Gasteiger partial charge in [0.15, 0.2) is 0 Å². The topological polar surface area (TPSA) is 50.1 Å². The lowest BCUT2D eigenvalue weighted by molar-refractivity contribution is -0.146. The first-order valence-electron chi connectivity index (χ1n) is 7.18. The summed E-state index contributed by atoms with van der Waals surface area (Å²) in [5, 5.41) is 9.74. The highest BCUT2D eigenvalue weighted by Gasteiger charge is 2.45. The Morgan fingerprint density at radius 1 is 1.04 bits per heavy atom. The number of nitriles is 1. The molecule has 0 amide bonds. The highest BCUT2D eigenvalue weighted by molar-refractivity contribution is 5.91. The van der Waals surface area contributed by atoms with Crippen molar-refractivity contribution in [2.75, 3.05) is 6.61 Å². The molecule has 0 heterocycles. The predicted octanol–water partition coefficient (Wildman–Crippen LogP) is 4.08. The Morgan fingerprint density at radius 3 is 2.17 bits per heavy atom. The van der Waals surface area contributed by atoms with Crippen LogP contribution in [0.3, 0.4) is 0 Å². The number of carbonyl (C=O) groups is 1. The van der Waals surface area contributed by atoms with Crippen LogP contribution in [0.5, 0.6) is 0 Å². The van der Waals surface area contributed by atoms with E-state index in [2.05, 4.69) is 0 Å². The molecule has 0 aliphatic carbocycles. The quantitative estimate of drug-likeness (QED) is 0.792. The molecule has 0 aliphatic heterocycles. The molecule has 0 saturated carbocycles. The van der Waals surface area contributed by atoms with Crippen molar-refractivity contribution in [2.24, 2.45) is 0 Å². The Morgan fingerprint density at radius 2 is 1.62 bits per heavy atom. The Kier molecular flexibility index (Phi) is 4.93. The Hall–Kier alpha value is -2.81. The van der Waals surface area contributed by atoms with E-state index in [9.17, 15) is 23.2 Å². The van der Waals surface area contributed by atoms with Crippen LogP contribution in [0.15, 0.2) is 54.6 Å². The number of ether oxygens (including phenoxy) is 1. The summed E-state index contributed by atoms with van der Waals surface area (Å²) in [6.45, 7) is 1.57. The highest BCUT2D eigenvalue weighted by atomic mass is 19.4. The molecule has 0 radical (unpaired) electrons. The van der Waals surface area contributed by atoms with E-state index in [1.54, 1.807) is 25.1 Å². The summed E-state index contributed by atoms with van der Waals surface area (Å²) in [6.07, 6.45) is -4.58. The van der Waals surface area contributed by atoms with Gasteiger partial charge in [0, 0.05) is 0 Å². The van der Waals surface area contributed by atoms with Gasteiger partial charge in [0.25, 0.3) is 0 Å². The molecule has 0 fully saturated rings. The summed E-state index contributed by atoms with van der Waals surface area (Å²) >= 11 is 0. The summed E-state index contributed by atoms with van der Waals surface area (Å²) in [4.78, 5) is 12.5. The van der Waals surface area contributed by atoms with Gasteiger partial charge in [-0.25, -0.2) is 4.79 Å². The molecule has 6 heteroatoms. The SMILES string of the molecule is CCOC(=O)C(C#N)(c1ccccc1)c1cccc(C(F)(F)F)c1. The minimum atomic E-state index is -4.58. The van der Waals surface area contributed by atoms with E-state index in [1.807, 2.05) is 6.07 Å². The van der Waals surface area contributed by atoms with Crippen LogP contribution in [0.2, 0.25) is 0 Å². The number of alkyl halides is 3. The van der Waals surface area contributed by atoms with Crippen molar-refractivity contribution in [3.05, 3.63) is 71.3 Å². The van der Waals surface area contributed by atoms with Crippen molar-refractivity contribution in [2.45, 2.75) is 18.5 Å². The average Bonchev–Trinajstić information content (AvgIpc) is 2.57. The molecule has 0 spiro atoms. The van der Waals surface area contributed by atoms with E-state index < -0.39 is 23.1 Å². The van der Waals surface area contributed by atoms with Crippen LogP contribution in [-0.2, 0) is 21.1 Å². The lowest BCUT2D eigenvalue weighted by atomic mass is 9.75. The first kappa shape index (κ1) is 17.5. The summed E-state index contributed by atoms with van der Waals surface area (Å²) in [5.41, 5.74) is -2.71. The minimum Gasteiger partial charge on any atom is -0.464 e. The lowest BCUT2D eigenvalue weighted by Gasteiger charge is -2.26. The van der Waals surface area contributed by atoms with Gasteiger partial charge in [-0.15, -0.1) is 0 Å². The summed E-state index contributed by atoms with van der Waals surface area (Å²) in [7, 11) is 0. The summed E-state index contributed by atoms with van der Waals surface area (Å²) < 4.78 is 44.0. The smallest absolute Gasteiger partial charge is 0.416 e. The molecule has 2 aromatic carbocycles. The molecule has 124 valence electrons. The van der Waals surface area contributed by atoms with Gasteiger partial charge in [0.2, 0.25) is 5.41 Å². The second-order valence-corrected chi connectivity index (χ2v) is 5.03. The maximum Gasteiger partial charge on any atom is 0.416 e. The van der Waals surface area contributed by atoms with Gasteiger partial charge >= 0.3 is 12.1 Å². The van der Waals surface area contributed by atoms with Gasteiger partial charge in [-0.3, -0.25) is 0 Å². The van der Waals surface area contributed by atoms with E-state index in [0.29, 0.717) is 0 Å².